The zero-order chi connectivity index (χ0) is 33.0. The molecule has 0 fully saturated rings. The van der Waals surface area contributed by atoms with Crippen molar-refractivity contribution in [2.75, 3.05) is 11.9 Å². The molecule has 1 atom stereocenters. The van der Waals surface area contributed by atoms with Gasteiger partial charge in [-0.3, -0.25) is 0 Å². The SMILES string of the molecule is C1=Cc2c(oc3ccc(-c4cccc(-c5ccccc5)c4)c(C4=NC(c5ccccc5)NC(c5cccc6c5sc5ccccc56)=N4)c23)NC1. The van der Waals surface area contributed by atoms with Crippen LogP contribution in [0, 0.1) is 0 Å². The highest BCUT2D eigenvalue weighted by Gasteiger charge is 2.28. The van der Waals surface area contributed by atoms with Crippen molar-refractivity contribution >= 4 is 66.1 Å². The number of hydrogen-bond acceptors (Lipinski definition) is 6. The molecule has 0 aliphatic carbocycles. The van der Waals surface area contributed by atoms with Gasteiger partial charge in [-0.05, 0) is 58.1 Å². The molecule has 0 bridgehead atoms. The van der Waals surface area contributed by atoms with Gasteiger partial charge in [0.25, 0.3) is 0 Å². The molecule has 4 heterocycles. The Morgan fingerprint density at radius 1 is 0.680 bits per heavy atom. The van der Waals surface area contributed by atoms with Crippen molar-refractivity contribution in [3.8, 4) is 22.3 Å². The molecule has 2 aromatic heterocycles. The minimum Gasteiger partial charge on any atom is -0.440 e. The number of anilines is 1. The fourth-order valence-electron chi connectivity index (χ4n) is 7.24. The molecule has 50 heavy (non-hydrogen) atoms. The summed E-state index contributed by atoms with van der Waals surface area (Å²) in [6.07, 6.45) is 3.94. The van der Waals surface area contributed by atoms with E-state index in [0.717, 1.165) is 68.2 Å². The van der Waals surface area contributed by atoms with E-state index in [4.69, 9.17) is 14.4 Å². The highest BCUT2D eigenvalue weighted by molar-refractivity contribution is 7.26. The van der Waals surface area contributed by atoms with E-state index in [2.05, 4.69) is 156 Å². The summed E-state index contributed by atoms with van der Waals surface area (Å²) in [4.78, 5) is 10.8. The number of fused-ring (bicyclic) bond motifs is 6. The van der Waals surface area contributed by atoms with E-state index >= 15 is 0 Å². The minimum atomic E-state index is -0.349. The summed E-state index contributed by atoms with van der Waals surface area (Å²) in [5.74, 6) is 2.24. The minimum absolute atomic E-state index is 0.349. The number of nitrogens with one attached hydrogen (secondary N) is 2. The van der Waals surface area contributed by atoms with Crippen molar-refractivity contribution < 1.29 is 4.42 Å². The molecule has 5 nitrogen and oxygen atoms in total. The molecular weight excluding hydrogens is 633 g/mol. The molecule has 8 aromatic rings. The van der Waals surface area contributed by atoms with Crippen LogP contribution in [0.3, 0.4) is 0 Å². The van der Waals surface area contributed by atoms with Crippen molar-refractivity contribution in [3.63, 3.8) is 0 Å². The van der Waals surface area contributed by atoms with Gasteiger partial charge in [-0.1, -0.05) is 121 Å². The molecule has 2 aliphatic rings. The van der Waals surface area contributed by atoms with Gasteiger partial charge in [-0.25, -0.2) is 9.98 Å². The number of amidine groups is 2. The van der Waals surface area contributed by atoms with Gasteiger partial charge >= 0.3 is 0 Å². The van der Waals surface area contributed by atoms with Crippen molar-refractivity contribution in [1.29, 1.82) is 0 Å². The quantitative estimate of drug-likeness (QED) is 0.193. The molecule has 0 saturated carbocycles. The van der Waals surface area contributed by atoms with Crippen LogP contribution in [-0.2, 0) is 0 Å². The standard InChI is InChI=1S/C44H30N4OS/c1-3-12-27(13-4-1)29-16-9-17-30(26-29)31-23-24-36-38(34-21-11-25-45-44(34)49-36)39(31)43-47-41(28-14-5-2-6-15-28)46-42(48-43)35-20-10-19-33-32-18-7-8-22-37(32)50-40(33)35/h1-24,26,41,45H,25H2,(H,46,47,48). The maximum absolute atomic E-state index is 6.44. The third kappa shape index (κ3) is 4.76. The van der Waals surface area contributed by atoms with E-state index in [1.54, 1.807) is 11.3 Å². The van der Waals surface area contributed by atoms with Crippen molar-refractivity contribution in [2.24, 2.45) is 9.98 Å². The summed E-state index contributed by atoms with van der Waals surface area (Å²) in [5.41, 5.74) is 9.36. The molecule has 6 aromatic carbocycles. The maximum atomic E-state index is 6.44. The second kappa shape index (κ2) is 11.7. The summed E-state index contributed by atoms with van der Waals surface area (Å²) in [6, 6.07) is 49.0. The van der Waals surface area contributed by atoms with Gasteiger partial charge < -0.3 is 15.1 Å². The first kappa shape index (κ1) is 28.7. The number of furan rings is 1. The Bertz CT molecular complexity index is 2680. The van der Waals surface area contributed by atoms with E-state index in [1.807, 2.05) is 6.07 Å². The smallest absolute Gasteiger partial charge is 0.201 e. The summed E-state index contributed by atoms with van der Waals surface area (Å²) < 4.78 is 8.90. The zero-order valence-electron chi connectivity index (χ0n) is 26.9. The second-order valence-electron chi connectivity index (χ2n) is 12.6. The number of nitrogens with zero attached hydrogens (tertiary/aromatic N) is 2. The van der Waals surface area contributed by atoms with Crippen LogP contribution in [0.4, 0.5) is 5.88 Å². The number of rotatable bonds is 5. The van der Waals surface area contributed by atoms with Gasteiger partial charge in [-0.15, -0.1) is 11.3 Å². The highest BCUT2D eigenvalue weighted by atomic mass is 32.1. The van der Waals surface area contributed by atoms with Crippen molar-refractivity contribution in [2.45, 2.75) is 6.17 Å². The molecule has 2 N–H and O–H groups in total. The molecule has 238 valence electrons. The molecule has 0 spiro atoms. The van der Waals surface area contributed by atoms with E-state index in [9.17, 15) is 0 Å². The average molecular weight is 663 g/mol. The molecule has 2 aliphatic heterocycles. The Balaban J connectivity index is 1.25. The summed E-state index contributed by atoms with van der Waals surface area (Å²) in [5, 5.41) is 10.7. The monoisotopic (exact) mass is 662 g/mol. The molecule has 10 rings (SSSR count). The summed E-state index contributed by atoms with van der Waals surface area (Å²) in [7, 11) is 0. The zero-order valence-corrected chi connectivity index (χ0v) is 27.7. The topological polar surface area (TPSA) is 61.9 Å². The lowest BCUT2D eigenvalue weighted by Gasteiger charge is -2.25. The van der Waals surface area contributed by atoms with Gasteiger partial charge in [0.05, 0.1) is 0 Å². The lowest BCUT2D eigenvalue weighted by atomic mass is 9.91. The fraction of sp³-hybridized carbons (Fsp3) is 0.0455. The molecular formula is C44H30N4OS. The van der Waals surface area contributed by atoms with Crippen LogP contribution in [0.5, 0.6) is 0 Å². The predicted octanol–water partition coefficient (Wildman–Crippen LogP) is 11.1. The van der Waals surface area contributed by atoms with Gasteiger partial charge in [0, 0.05) is 48.8 Å². The normalized spacial score (nSPS) is 15.4. The van der Waals surface area contributed by atoms with Gasteiger partial charge in [-0.2, -0.15) is 0 Å². The number of hydrogen-bond donors (Lipinski definition) is 2. The lowest BCUT2D eigenvalue weighted by Crippen LogP contribution is -2.33. The van der Waals surface area contributed by atoms with E-state index in [1.165, 1.54) is 25.7 Å². The van der Waals surface area contributed by atoms with Crippen molar-refractivity contribution in [3.05, 3.63) is 168 Å². The summed E-state index contributed by atoms with van der Waals surface area (Å²) >= 11 is 1.80. The maximum Gasteiger partial charge on any atom is 0.201 e. The van der Waals surface area contributed by atoms with Gasteiger partial charge in [0.1, 0.15) is 17.6 Å². The Morgan fingerprint density at radius 3 is 2.34 bits per heavy atom. The first-order valence-corrected chi connectivity index (χ1v) is 17.6. The molecule has 0 radical (unpaired) electrons. The Labute approximate surface area is 293 Å². The van der Waals surface area contributed by atoms with E-state index in [0.29, 0.717) is 5.84 Å². The van der Waals surface area contributed by atoms with Crippen LogP contribution in [0.15, 0.2) is 160 Å². The van der Waals surface area contributed by atoms with E-state index in [-0.39, 0.29) is 6.17 Å². The lowest BCUT2D eigenvalue weighted by molar-refractivity contribution is 0.628. The molecule has 1 unspecified atom stereocenters. The first-order valence-electron chi connectivity index (χ1n) is 16.8. The third-order valence-electron chi connectivity index (χ3n) is 9.58. The first-order chi connectivity index (χ1) is 24.8. The molecule has 6 heteroatoms. The number of benzene rings is 6. The number of thiophene rings is 1. The van der Waals surface area contributed by atoms with Crippen LogP contribution in [0.1, 0.15) is 28.4 Å². The van der Waals surface area contributed by atoms with Gasteiger partial charge in [0.15, 0.2) is 5.84 Å². The third-order valence-corrected chi connectivity index (χ3v) is 10.8. The van der Waals surface area contributed by atoms with Crippen molar-refractivity contribution in [1.82, 2.24) is 5.32 Å². The van der Waals surface area contributed by atoms with Crippen LogP contribution in [-0.4, -0.2) is 18.2 Å². The largest absolute Gasteiger partial charge is 0.440 e. The predicted molar refractivity (Wildman–Crippen MR) is 209 cm³/mol. The van der Waals surface area contributed by atoms with Crippen LogP contribution in [0.2, 0.25) is 0 Å². The number of aliphatic imine (C=N–C) groups is 2. The second-order valence-corrected chi connectivity index (χ2v) is 13.6. The Morgan fingerprint density at radius 2 is 1.44 bits per heavy atom. The fourth-order valence-corrected chi connectivity index (χ4v) is 8.46. The van der Waals surface area contributed by atoms with Crippen LogP contribution >= 0.6 is 11.3 Å². The van der Waals surface area contributed by atoms with Gasteiger partial charge in [0.2, 0.25) is 5.88 Å². The Kier molecular flexibility index (Phi) is 6.74. The van der Waals surface area contributed by atoms with Crippen LogP contribution < -0.4 is 10.6 Å². The molecule has 0 amide bonds. The summed E-state index contributed by atoms with van der Waals surface area (Å²) in [6.45, 7) is 0.719. The van der Waals surface area contributed by atoms with Crippen LogP contribution in [0.25, 0.3) is 59.5 Å². The molecule has 0 saturated heterocycles. The average Bonchev–Trinajstić information content (AvgIpc) is 3.77. The Hall–Kier alpha value is -6.24. The van der Waals surface area contributed by atoms with E-state index < -0.39 is 0 Å². The highest BCUT2D eigenvalue weighted by Crippen LogP contribution is 2.42.